The first-order valence-electron chi connectivity index (χ1n) is 11.4. The summed E-state index contributed by atoms with van der Waals surface area (Å²) in [4.78, 5) is 20.4. The van der Waals surface area contributed by atoms with E-state index in [1.165, 1.54) is 28.1 Å². The van der Waals surface area contributed by atoms with Crippen LogP contribution >= 0.6 is 11.6 Å². The Morgan fingerprint density at radius 3 is 2.29 bits per heavy atom. The molecule has 0 aliphatic rings. The average molecular weight is 490 g/mol. The molecule has 0 unspecified atom stereocenters. The number of hydrogen-bond acceptors (Lipinski definition) is 3. The number of nitrogens with zero attached hydrogens (tertiary/aromatic N) is 1. The number of hydrogen-bond donors (Lipinski definition) is 2. The lowest BCUT2D eigenvalue weighted by atomic mass is 10.2. The van der Waals surface area contributed by atoms with Crippen molar-refractivity contribution in [1.29, 1.82) is 0 Å². The van der Waals surface area contributed by atoms with Crippen LogP contribution < -0.4 is 11.1 Å². The number of aromatic nitrogens is 1. The molecule has 5 nitrogen and oxygen atoms in total. The van der Waals surface area contributed by atoms with Gasteiger partial charge in [-0.05, 0) is 73.0 Å². The number of anilines is 1. The quantitative estimate of drug-likeness (QED) is 0.186. The smallest absolute Gasteiger partial charge is 0.251 e. The highest BCUT2D eigenvalue weighted by Crippen LogP contribution is 2.21. The van der Waals surface area contributed by atoms with Crippen LogP contribution in [0.2, 0.25) is 5.02 Å². The van der Waals surface area contributed by atoms with Gasteiger partial charge in [0, 0.05) is 46.5 Å². The number of nitrogens with two attached hydrogens (primary N) is 1. The minimum atomic E-state index is -0.0400. The van der Waals surface area contributed by atoms with Crippen LogP contribution in [0.25, 0.3) is 10.9 Å². The van der Waals surface area contributed by atoms with Gasteiger partial charge >= 0.3 is 0 Å². The molecule has 0 bridgehead atoms. The Bertz CT molecular complexity index is 1220. The van der Waals surface area contributed by atoms with Crippen LogP contribution in [0.3, 0.4) is 0 Å². The summed E-state index contributed by atoms with van der Waals surface area (Å²) in [7, 11) is 0. The molecule has 6 heteroatoms. The number of para-hydroxylation sites is 1. The molecule has 0 aliphatic heterocycles. The summed E-state index contributed by atoms with van der Waals surface area (Å²) in [5.74, 6) is -0.0400. The second kappa shape index (κ2) is 14.4. The molecule has 4 rings (SSSR count). The van der Waals surface area contributed by atoms with E-state index in [4.69, 9.17) is 22.1 Å². The number of nitrogens with one attached hydrogen (secondary N) is 1. The summed E-state index contributed by atoms with van der Waals surface area (Å²) < 4.78 is 2.29. The predicted octanol–water partition coefficient (Wildman–Crippen LogP) is 6.43. The number of allylic oxidation sites excluding steroid dienone is 1. The maximum absolute atomic E-state index is 11.4. The van der Waals surface area contributed by atoms with Crippen molar-refractivity contribution in [2.75, 3.05) is 12.3 Å². The summed E-state index contributed by atoms with van der Waals surface area (Å²) in [6.07, 6.45) is 4.99. The van der Waals surface area contributed by atoms with Crippen molar-refractivity contribution in [2.45, 2.75) is 26.8 Å². The summed E-state index contributed by atoms with van der Waals surface area (Å²) in [6, 6.07) is 23.4. The van der Waals surface area contributed by atoms with Crippen molar-refractivity contribution in [3.8, 4) is 0 Å². The number of aryl methyl sites for hydroxylation is 1. The highest BCUT2D eigenvalue weighted by molar-refractivity contribution is 6.30. The number of aldehydes is 1. The van der Waals surface area contributed by atoms with Crippen LogP contribution in [0.4, 0.5) is 5.69 Å². The maximum Gasteiger partial charge on any atom is 0.251 e. The topological polar surface area (TPSA) is 77.1 Å². The van der Waals surface area contributed by atoms with Gasteiger partial charge in [0.15, 0.2) is 0 Å². The minimum absolute atomic E-state index is 0.0400. The molecule has 3 N–H and O–H groups in total. The van der Waals surface area contributed by atoms with Crippen molar-refractivity contribution in [3.05, 3.63) is 113 Å². The number of fused-ring (bicyclic) bond motifs is 1. The lowest BCUT2D eigenvalue weighted by molar-refractivity contribution is -0.104. The number of amides is 1. The zero-order valence-electron chi connectivity index (χ0n) is 20.2. The van der Waals surface area contributed by atoms with Gasteiger partial charge in [0.2, 0.25) is 0 Å². The van der Waals surface area contributed by atoms with E-state index in [1.54, 1.807) is 24.3 Å². The van der Waals surface area contributed by atoms with Gasteiger partial charge in [0.05, 0.1) is 0 Å². The minimum Gasteiger partial charge on any atom is -0.399 e. The first kappa shape index (κ1) is 27.4. The Balaban J connectivity index is 0.000000224. The first-order valence-corrected chi connectivity index (χ1v) is 11.8. The highest BCUT2D eigenvalue weighted by Gasteiger charge is 2.05. The molecule has 1 aromatic heterocycles. The zero-order chi connectivity index (χ0) is 25.6. The average Bonchev–Trinajstić information content (AvgIpc) is 3.20. The maximum atomic E-state index is 11.4. The molecule has 4 aromatic rings. The molecule has 0 aliphatic carbocycles. The number of halogens is 1. The lowest BCUT2D eigenvalue weighted by Gasteiger charge is -2.05. The normalized spacial score (nSPS) is 9.80. The van der Waals surface area contributed by atoms with Crippen LogP contribution in [-0.4, -0.2) is 23.3 Å². The van der Waals surface area contributed by atoms with Gasteiger partial charge in [-0.2, -0.15) is 0 Å². The number of nitrogen functional groups attached to an aromatic ring is 1. The van der Waals surface area contributed by atoms with Gasteiger partial charge < -0.3 is 15.6 Å². The third kappa shape index (κ3) is 8.80. The van der Waals surface area contributed by atoms with E-state index in [1.807, 2.05) is 19.1 Å². The van der Waals surface area contributed by atoms with Gasteiger partial charge in [-0.3, -0.25) is 9.59 Å². The first-order chi connectivity index (χ1) is 16.9. The fourth-order valence-electron chi connectivity index (χ4n) is 3.32. The van der Waals surface area contributed by atoms with Gasteiger partial charge in [0.25, 0.3) is 5.91 Å². The second-order valence-electron chi connectivity index (χ2n) is 7.83. The molecule has 1 heterocycles. The molecule has 1 amide bonds. The molecule has 0 saturated heterocycles. The number of carbonyl (C=O) groups is 2. The summed E-state index contributed by atoms with van der Waals surface area (Å²) in [5, 5.41) is 4.90. The van der Waals surface area contributed by atoms with Crippen molar-refractivity contribution in [2.24, 2.45) is 0 Å². The van der Waals surface area contributed by atoms with Crippen LogP contribution in [0.15, 0.2) is 91.6 Å². The highest BCUT2D eigenvalue weighted by atomic mass is 35.5. The zero-order valence-corrected chi connectivity index (χ0v) is 21.0. The van der Waals surface area contributed by atoms with Gasteiger partial charge in [-0.25, -0.2) is 0 Å². The Hall–Kier alpha value is -3.83. The van der Waals surface area contributed by atoms with E-state index in [-0.39, 0.29) is 5.91 Å². The predicted molar refractivity (Wildman–Crippen MR) is 147 cm³/mol. The number of rotatable bonds is 6. The fourth-order valence-corrected chi connectivity index (χ4v) is 3.45. The Labute approximate surface area is 212 Å². The van der Waals surface area contributed by atoms with Crippen LogP contribution in [0, 0.1) is 6.92 Å². The van der Waals surface area contributed by atoms with Gasteiger partial charge in [-0.15, -0.1) is 0 Å². The molecule has 0 fully saturated rings. The molecule has 3 aromatic carbocycles. The summed E-state index contributed by atoms with van der Waals surface area (Å²) in [6.45, 7) is 8.87. The van der Waals surface area contributed by atoms with Crippen LogP contribution in [-0.2, 0) is 11.3 Å². The molecule has 35 heavy (non-hydrogen) atoms. The van der Waals surface area contributed by atoms with Crippen molar-refractivity contribution in [1.82, 2.24) is 9.88 Å². The molecular formula is C29H32ClN3O2. The second-order valence-corrected chi connectivity index (χ2v) is 8.27. The summed E-state index contributed by atoms with van der Waals surface area (Å²) >= 11 is 5.91. The molecule has 0 saturated carbocycles. The van der Waals surface area contributed by atoms with E-state index in [0.717, 1.165) is 18.0 Å². The van der Waals surface area contributed by atoms with E-state index in [2.05, 4.69) is 66.0 Å². The number of benzene rings is 3. The van der Waals surface area contributed by atoms with E-state index in [9.17, 15) is 4.79 Å². The number of carbonyl (C=O) groups excluding carboxylic acids is 2. The van der Waals surface area contributed by atoms with E-state index in [0.29, 0.717) is 24.1 Å². The van der Waals surface area contributed by atoms with Gasteiger partial charge in [0.1, 0.15) is 6.29 Å². The Morgan fingerprint density at radius 2 is 1.69 bits per heavy atom. The SMILES string of the molecule is C=CC=O.CCCNC(=O)c1ccc(N)cc1.Cc1cn(Cc2ccc(Cl)cc2)c2ccccc12. The molecular weight excluding hydrogens is 458 g/mol. The van der Waals surface area contributed by atoms with Crippen LogP contribution in [0.5, 0.6) is 0 Å². The molecule has 0 spiro atoms. The molecule has 182 valence electrons. The largest absolute Gasteiger partial charge is 0.399 e. The lowest BCUT2D eigenvalue weighted by Crippen LogP contribution is -2.23. The van der Waals surface area contributed by atoms with Crippen LogP contribution in [0.1, 0.15) is 34.8 Å². The Morgan fingerprint density at radius 1 is 1.06 bits per heavy atom. The standard InChI is InChI=1S/C16H14ClN.C10H14N2O.C3H4O/c1-12-10-18(16-5-3-2-4-15(12)16)11-13-6-8-14(17)9-7-13;1-2-7-12-10(13)8-3-5-9(11)6-4-8;1-2-3-4/h2-10H,11H2,1H3;3-6H,2,7,11H2,1H3,(H,12,13);2-3H,1H2. The van der Waals surface area contributed by atoms with Gasteiger partial charge in [-0.1, -0.05) is 55.4 Å². The van der Waals surface area contributed by atoms with E-state index >= 15 is 0 Å². The Kier molecular flexibility index (Phi) is 11.3. The van der Waals surface area contributed by atoms with Crippen molar-refractivity contribution >= 4 is 40.4 Å². The third-order valence-electron chi connectivity index (χ3n) is 5.06. The fraction of sp³-hybridized carbons (Fsp3) is 0.172. The summed E-state index contributed by atoms with van der Waals surface area (Å²) in [5.41, 5.74) is 10.7. The van der Waals surface area contributed by atoms with Crippen molar-refractivity contribution in [3.63, 3.8) is 0 Å². The molecule has 0 atom stereocenters. The van der Waals surface area contributed by atoms with Crippen molar-refractivity contribution < 1.29 is 9.59 Å². The molecule has 0 radical (unpaired) electrons. The monoisotopic (exact) mass is 489 g/mol. The third-order valence-corrected chi connectivity index (χ3v) is 5.31. The van der Waals surface area contributed by atoms with E-state index < -0.39 is 0 Å².